The van der Waals surface area contributed by atoms with Gasteiger partial charge in [0.05, 0.1) is 5.52 Å². The van der Waals surface area contributed by atoms with E-state index in [9.17, 15) is 22.8 Å². The lowest BCUT2D eigenvalue weighted by molar-refractivity contribution is -0.141. The topological polar surface area (TPSA) is 87.5 Å². The number of alkyl halides is 3. The minimum Gasteiger partial charge on any atom is -0.334 e. The number of aromatic nitrogens is 4. The van der Waals surface area contributed by atoms with Crippen LogP contribution in [0, 0.1) is 0 Å². The number of fused-ring (bicyclic) bond motifs is 1. The average Bonchev–Trinajstić information content (AvgIpc) is 3.68. The number of carbonyl (C=O) groups is 2. The normalized spacial score (nSPS) is 19.0. The number of halogens is 3. The molecule has 0 aliphatic carbocycles. The predicted molar refractivity (Wildman–Crippen MR) is 134 cm³/mol. The van der Waals surface area contributed by atoms with Crippen LogP contribution in [0.3, 0.4) is 0 Å². The van der Waals surface area contributed by atoms with Crippen LogP contribution in [-0.2, 0) is 11.0 Å². The van der Waals surface area contributed by atoms with E-state index in [2.05, 4.69) is 19.9 Å². The van der Waals surface area contributed by atoms with Crippen molar-refractivity contribution in [1.29, 1.82) is 0 Å². The van der Waals surface area contributed by atoms with Gasteiger partial charge < -0.3 is 9.80 Å². The van der Waals surface area contributed by atoms with Gasteiger partial charge in [0.1, 0.15) is 5.69 Å². The Morgan fingerprint density at radius 1 is 1.03 bits per heavy atom. The zero-order valence-corrected chi connectivity index (χ0v) is 20.8. The Balaban J connectivity index is 1.15. The van der Waals surface area contributed by atoms with Crippen molar-refractivity contribution < 1.29 is 22.8 Å². The Morgan fingerprint density at radius 3 is 2.58 bits per heavy atom. The largest absolute Gasteiger partial charge is 0.433 e. The summed E-state index contributed by atoms with van der Waals surface area (Å²) in [5.41, 5.74) is 0.352. The molecule has 0 N–H and O–H groups in total. The van der Waals surface area contributed by atoms with Gasteiger partial charge in [0.2, 0.25) is 11.9 Å². The molecule has 6 rings (SSSR count). The Labute approximate surface area is 219 Å². The molecule has 38 heavy (non-hydrogen) atoms. The van der Waals surface area contributed by atoms with E-state index in [4.69, 9.17) is 0 Å². The molecule has 1 unspecified atom stereocenters. The maximum absolute atomic E-state index is 13.1. The zero-order valence-electron chi connectivity index (χ0n) is 20.0. The summed E-state index contributed by atoms with van der Waals surface area (Å²) >= 11 is 1.33. The van der Waals surface area contributed by atoms with Crippen LogP contribution in [0.25, 0.3) is 16.9 Å². The molecule has 1 aromatic carbocycles. The lowest BCUT2D eigenvalue weighted by atomic mass is 10.2. The van der Waals surface area contributed by atoms with Crippen LogP contribution in [0.4, 0.5) is 18.9 Å². The summed E-state index contributed by atoms with van der Waals surface area (Å²) in [5, 5.41) is 3.03. The predicted octanol–water partition coefficient (Wildman–Crippen LogP) is 3.46. The van der Waals surface area contributed by atoms with E-state index < -0.39 is 11.9 Å². The summed E-state index contributed by atoms with van der Waals surface area (Å²) in [6.45, 7) is 3.06. The van der Waals surface area contributed by atoms with E-state index >= 15 is 0 Å². The second kappa shape index (κ2) is 9.48. The Hall–Kier alpha value is -3.84. The first kappa shape index (κ1) is 24.5. The molecular formula is C25H22F3N7O2S. The van der Waals surface area contributed by atoms with Gasteiger partial charge in [-0.05, 0) is 30.3 Å². The number of piperazine rings is 1. The van der Waals surface area contributed by atoms with Crippen molar-refractivity contribution in [2.24, 2.45) is 0 Å². The molecular weight excluding hydrogens is 519 g/mol. The third-order valence-corrected chi connectivity index (χ3v) is 7.73. The average molecular weight is 542 g/mol. The third-order valence-electron chi connectivity index (χ3n) is 6.97. The molecule has 2 aliphatic heterocycles. The number of thiazole rings is 1. The Bertz CT molecular complexity index is 1500. The van der Waals surface area contributed by atoms with Crippen LogP contribution >= 0.6 is 11.3 Å². The fourth-order valence-electron chi connectivity index (χ4n) is 5.03. The van der Waals surface area contributed by atoms with Gasteiger partial charge in [-0.1, -0.05) is 0 Å². The van der Waals surface area contributed by atoms with E-state index in [1.807, 2.05) is 6.07 Å². The van der Waals surface area contributed by atoms with Crippen LogP contribution in [-0.4, -0.2) is 79.9 Å². The van der Waals surface area contributed by atoms with Gasteiger partial charge in [0.15, 0.2) is 5.01 Å². The van der Waals surface area contributed by atoms with Crippen LogP contribution in [0.1, 0.15) is 21.9 Å². The summed E-state index contributed by atoms with van der Waals surface area (Å²) in [7, 11) is 0. The second-order valence-electron chi connectivity index (χ2n) is 9.20. The fourth-order valence-corrected chi connectivity index (χ4v) is 5.63. The molecule has 3 aromatic heterocycles. The summed E-state index contributed by atoms with van der Waals surface area (Å²) in [4.78, 5) is 43.1. The maximum Gasteiger partial charge on any atom is 0.433 e. The van der Waals surface area contributed by atoms with Crippen molar-refractivity contribution in [2.75, 3.05) is 37.6 Å². The van der Waals surface area contributed by atoms with Crippen molar-refractivity contribution >= 4 is 39.7 Å². The molecule has 1 atom stereocenters. The lowest BCUT2D eigenvalue weighted by Crippen LogP contribution is -2.52. The standard InChI is InChI=1S/C25H22F3N7O2S/c26-25(27,28)20-3-5-30-24(31-20)34-7-4-16-13-17(1-2-19(16)34)35-15-18(14-21(35)36)32-8-10-33(11-9-32)23(37)22-29-6-12-38-22/h1-7,12-13,18H,8-11,14-15H2. The SMILES string of the molecule is O=C(c1nccs1)N1CCN(C2CC(=O)N(c3ccc4c(ccn4-c4nccc(C(F)(F)F)n4)c3)C2)CC1. The molecule has 2 aliphatic rings. The van der Waals surface area contributed by atoms with E-state index in [1.165, 1.54) is 15.9 Å². The van der Waals surface area contributed by atoms with Crippen LogP contribution in [0.15, 0.2) is 54.3 Å². The first-order valence-corrected chi connectivity index (χ1v) is 12.9. The first-order valence-electron chi connectivity index (χ1n) is 12.0. The molecule has 13 heteroatoms. The van der Waals surface area contributed by atoms with Gasteiger partial charge in [-0.3, -0.25) is 19.1 Å². The summed E-state index contributed by atoms with van der Waals surface area (Å²) in [6.07, 6.45) is 0.147. The molecule has 0 spiro atoms. The minimum absolute atomic E-state index is 0.0104. The molecule has 5 heterocycles. The maximum atomic E-state index is 13.1. The number of nitrogens with zero attached hydrogens (tertiary/aromatic N) is 7. The summed E-state index contributed by atoms with van der Waals surface area (Å²) in [5.74, 6) is -0.122. The highest BCUT2D eigenvalue weighted by Crippen LogP contribution is 2.31. The second-order valence-corrected chi connectivity index (χ2v) is 10.1. The number of anilines is 1. The summed E-state index contributed by atoms with van der Waals surface area (Å²) < 4.78 is 40.8. The Morgan fingerprint density at radius 2 is 1.84 bits per heavy atom. The number of hydrogen-bond acceptors (Lipinski definition) is 7. The molecule has 0 bridgehead atoms. The van der Waals surface area contributed by atoms with E-state index in [0.717, 1.165) is 23.3 Å². The molecule has 0 saturated carbocycles. The zero-order chi connectivity index (χ0) is 26.4. The lowest BCUT2D eigenvalue weighted by Gasteiger charge is -2.37. The van der Waals surface area contributed by atoms with Crippen LogP contribution in [0.5, 0.6) is 0 Å². The highest BCUT2D eigenvalue weighted by molar-refractivity contribution is 7.11. The fraction of sp³-hybridized carbons (Fsp3) is 0.320. The van der Waals surface area contributed by atoms with Crippen molar-refractivity contribution in [3.8, 4) is 5.95 Å². The number of rotatable bonds is 4. The van der Waals surface area contributed by atoms with E-state index in [-0.39, 0.29) is 23.8 Å². The molecule has 196 valence electrons. The van der Waals surface area contributed by atoms with Crippen molar-refractivity contribution in [1.82, 2.24) is 29.3 Å². The van der Waals surface area contributed by atoms with Gasteiger partial charge >= 0.3 is 6.18 Å². The van der Waals surface area contributed by atoms with E-state index in [1.54, 1.807) is 45.8 Å². The third kappa shape index (κ3) is 4.52. The minimum atomic E-state index is -4.57. The molecule has 0 radical (unpaired) electrons. The first-order chi connectivity index (χ1) is 18.3. The van der Waals surface area contributed by atoms with Crippen LogP contribution in [0.2, 0.25) is 0 Å². The number of amides is 2. The number of hydrogen-bond donors (Lipinski definition) is 0. The van der Waals surface area contributed by atoms with E-state index in [0.29, 0.717) is 49.7 Å². The van der Waals surface area contributed by atoms with Gasteiger partial charge in [-0.15, -0.1) is 11.3 Å². The van der Waals surface area contributed by atoms with Crippen molar-refractivity contribution in [3.63, 3.8) is 0 Å². The Kier molecular flexibility index (Phi) is 6.11. The molecule has 2 fully saturated rings. The van der Waals surface area contributed by atoms with Crippen LogP contribution < -0.4 is 4.90 Å². The molecule has 2 amide bonds. The van der Waals surface area contributed by atoms with Crippen molar-refractivity contribution in [2.45, 2.75) is 18.6 Å². The van der Waals surface area contributed by atoms with Crippen molar-refractivity contribution in [3.05, 3.63) is 65.0 Å². The monoisotopic (exact) mass is 541 g/mol. The molecule has 9 nitrogen and oxygen atoms in total. The van der Waals surface area contributed by atoms with Gasteiger partial charge in [-0.2, -0.15) is 13.2 Å². The molecule has 2 saturated heterocycles. The highest BCUT2D eigenvalue weighted by atomic mass is 32.1. The quantitative estimate of drug-likeness (QED) is 0.393. The highest BCUT2D eigenvalue weighted by Gasteiger charge is 2.37. The van der Waals surface area contributed by atoms with Gasteiger partial charge in [0, 0.05) is 80.2 Å². The van der Waals surface area contributed by atoms with Gasteiger partial charge in [-0.25, -0.2) is 15.0 Å². The molecule has 4 aromatic rings. The smallest absolute Gasteiger partial charge is 0.334 e. The van der Waals surface area contributed by atoms with Gasteiger partial charge in [0.25, 0.3) is 5.91 Å². The summed E-state index contributed by atoms with van der Waals surface area (Å²) in [6, 6.07) is 8.04. The number of benzene rings is 1. The number of carbonyl (C=O) groups excluding carboxylic acids is 2.